The van der Waals surface area contributed by atoms with E-state index < -0.39 is 0 Å². The Morgan fingerprint density at radius 2 is 1.75 bits per heavy atom. The van der Waals surface area contributed by atoms with Crippen LogP contribution in [0.2, 0.25) is 0 Å². The molecule has 1 heterocycles. The molecule has 0 aliphatic carbocycles. The number of carbonyl (C=O) groups is 1. The highest BCUT2D eigenvalue weighted by atomic mass is 32.2. The maximum atomic E-state index is 12.2. The Kier molecular flexibility index (Phi) is 6.10. The van der Waals surface area contributed by atoms with Gasteiger partial charge in [-0.15, -0.1) is 0 Å². The van der Waals surface area contributed by atoms with Gasteiger partial charge in [0.1, 0.15) is 0 Å². The lowest BCUT2D eigenvalue weighted by Gasteiger charge is -2.27. The highest BCUT2D eigenvalue weighted by Crippen LogP contribution is 2.19. The highest BCUT2D eigenvalue weighted by Gasteiger charge is 2.13. The fourth-order valence-electron chi connectivity index (χ4n) is 2.69. The van der Waals surface area contributed by atoms with Crippen LogP contribution < -0.4 is 5.32 Å². The molecular weight excluding hydrogens is 316 g/mol. The van der Waals surface area contributed by atoms with Gasteiger partial charge >= 0.3 is 0 Å². The van der Waals surface area contributed by atoms with Crippen LogP contribution in [0.25, 0.3) is 6.08 Å². The van der Waals surface area contributed by atoms with Crippen LogP contribution in [-0.4, -0.2) is 35.4 Å². The van der Waals surface area contributed by atoms with E-state index in [4.69, 9.17) is 0 Å². The van der Waals surface area contributed by atoms with Crippen molar-refractivity contribution in [2.24, 2.45) is 0 Å². The number of nitrogens with zero attached hydrogens (tertiary/aromatic N) is 1. The number of amides is 1. The molecule has 0 aromatic heterocycles. The van der Waals surface area contributed by atoms with Crippen molar-refractivity contribution in [2.75, 3.05) is 29.9 Å². The molecule has 0 saturated carbocycles. The summed E-state index contributed by atoms with van der Waals surface area (Å²) in [6, 6.07) is 17.9. The largest absolute Gasteiger partial charge is 0.322 e. The molecule has 3 nitrogen and oxygen atoms in total. The van der Waals surface area contributed by atoms with Crippen molar-refractivity contribution >= 4 is 29.4 Å². The molecule has 0 radical (unpaired) electrons. The van der Waals surface area contributed by atoms with Gasteiger partial charge < -0.3 is 5.32 Å². The summed E-state index contributed by atoms with van der Waals surface area (Å²) in [6.07, 6.45) is 3.42. The van der Waals surface area contributed by atoms with E-state index in [-0.39, 0.29) is 5.91 Å². The average molecular weight is 338 g/mol. The summed E-state index contributed by atoms with van der Waals surface area (Å²) in [5.41, 5.74) is 3.09. The van der Waals surface area contributed by atoms with Crippen LogP contribution in [0.1, 0.15) is 11.1 Å². The Bertz CT molecular complexity index is 694. The number of para-hydroxylation sites is 1. The van der Waals surface area contributed by atoms with Crippen LogP contribution in [0.5, 0.6) is 0 Å². The third-order valence-corrected chi connectivity index (χ3v) is 4.94. The SMILES string of the molecule is O=C(/C=C/c1ccccc1)Nc1ccccc1CN1CCSCC1. The topological polar surface area (TPSA) is 32.3 Å². The number of thioether (sulfide) groups is 1. The summed E-state index contributed by atoms with van der Waals surface area (Å²) in [5, 5.41) is 3.01. The van der Waals surface area contributed by atoms with Crippen molar-refractivity contribution < 1.29 is 4.79 Å². The Morgan fingerprint density at radius 1 is 1.04 bits per heavy atom. The third kappa shape index (κ3) is 4.98. The lowest BCUT2D eigenvalue weighted by atomic mass is 10.1. The number of nitrogens with one attached hydrogen (secondary N) is 1. The van der Waals surface area contributed by atoms with Crippen LogP contribution in [0.4, 0.5) is 5.69 Å². The fourth-order valence-corrected chi connectivity index (χ4v) is 3.67. The van der Waals surface area contributed by atoms with Crippen molar-refractivity contribution in [3.63, 3.8) is 0 Å². The van der Waals surface area contributed by atoms with E-state index in [1.165, 1.54) is 17.1 Å². The molecule has 0 atom stereocenters. The summed E-state index contributed by atoms with van der Waals surface area (Å²) >= 11 is 2.01. The number of hydrogen-bond donors (Lipinski definition) is 1. The Hall–Kier alpha value is -2.04. The van der Waals surface area contributed by atoms with Gasteiger partial charge in [0.05, 0.1) is 0 Å². The molecule has 1 saturated heterocycles. The maximum absolute atomic E-state index is 12.2. The van der Waals surface area contributed by atoms with Crippen LogP contribution in [0.3, 0.4) is 0 Å². The van der Waals surface area contributed by atoms with Crippen molar-refractivity contribution in [3.05, 3.63) is 71.8 Å². The van der Waals surface area contributed by atoms with E-state index in [1.54, 1.807) is 6.08 Å². The lowest BCUT2D eigenvalue weighted by Crippen LogP contribution is -2.32. The van der Waals surface area contributed by atoms with Crippen molar-refractivity contribution in [1.82, 2.24) is 4.90 Å². The number of carbonyl (C=O) groups excluding carboxylic acids is 1. The van der Waals surface area contributed by atoms with Gasteiger partial charge in [-0.05, 0) is 23.3 Å². The summed E-state index contributed by atoms with van der Waals surface area (Å²) in [7, 11) is 0. The first kappa shape index (κ1) is 16.8. The van der Waals surface area contributed by atoms with Gasteiger partial charge in [0.25, 0.3) is 0 Å². The molecule has 1 aliphatic heterocycles. The predicted octanol–water partition coefficient (Wildman–Crippen LogP) is 3.89. The van der Waals surface area contributed by atoms with E-state index in [1.807, 2.05) is 66.4 Å². The average Bonchev–Trinajstić information content (AvgIpc) is 2.63. The van der Waals surface area contributed by atoms with E-state index in [2.05, 4.69) is 16.3 Å². The van der Waals surface area contributed by atoms with Gasteiger partial charge in [-0.3, -0.25) is 9.69 Å². The van der Waals surface area contributed by atoms with E-state index in [0.717, 1.165) is 30.9 Å². The van der Waals surface area contributed by atoms with Gasteiger partial charge in [-0.1, -0.05) is 48.5 Å². The van der Waals surface area contributed by atoms with Gasteiger partial charge in [-0.2, -0.15) is 11.8 Å². The molecule has 1 amide bonds. The zero-order valence-electron chi connectivity index (χ0n) is 13.7. The van der Waals surface area contributed by atoms with Crippen LogP contribution >= 0.6 is 11.8 Å². The molecule has 3 rings (SSSR count). The molecular formula is C20H22N2OS. The maximum Gasteiger partial charge on any atom is 0.248 e. The Morgan fingerprint density at radius 3 is 2.54 bits per heavy atom. The minimum Gasteiger partial charge on any atom is -0.322 e. The summed E-state index contributed by atoms with van der Waals surface area (Å²) in [4.78, 5) is 14.7. The zero-order valence-corrected chi connectivity index (χ0v) is 14.5. The summed E-state index contributed by atoms with van der Waals surface area (Å²) in [5.74, 6) is 2.28. The highest BCUT2D eigenvalue weighted by molar-refractivity contribution is 7.99. The third-order valence-electron chi connectivity index (χ3n) is 4.00. The second kappa shape index (κ2) is 8.71. The van der Waals surface area contributed by atoms with Crippen molar-refractivity contribution in [1.29, 1.82) is 0 Å². The normalized spacial score (nSPS) is 15.5. The van der Waals surface area contributed by atoms with E-state index >= 15 is 0 Å². The second-order valence-electron chi connectivity index (χ2n) is 5.78. The standard InChI is InChI=1S/C20H22N2OS/c23-20(11-10-17-6-2-1-3-7-17)21-19-9-5-4-8-18(19)16-22-12-14-24-15-13-22/h1-11H,12-16H2,(H,21,23)/b11-10+. The second-order valence-corrected chi connectivity index (χ2v) is 7.00. The van der Waals surface area contributed by atoms with Crippen molar-refractivity contribution in [3.8, 4) is 0 Å². The first-order valence-corrected chi connectivity index (χ1v) is 9.39. The molecule has 1 N–H and O–H groups in total. The monoisotopic (exact) mass is 338 g/mol. The lowest BCUT2D eigenvalue weighted by molar-refractivity contribution is -0.111. The van der Waals surface area contributed by atoms with Gasteiger partial charge in [0.15, 0.2) is 0 Å². The van der Waals surface area contributed by atoms with Crippen LogP contribution in [0.15, 0.2) is 60.7 Å². The molecule has 1 fully saturated rings. The molecule has 2 aromatic rings. The quantitative estimate of drug-likeness (QED) is 0.840. The minimum absolute atomic E-state index is 0.0968. The smallest absolute Gasteiger partial charge is 0.248 e. The summed E-state index contributed by atoms with van der Waals surface area (Å²) < 4.78 is 0. The van der Waals surface area contributed by atoms with E-state index in [9.17, 15) is 4.79 Å². The molecule has 1 aliphatic rings. The Labute approximate surface area is 147 Å². The molecule has 24 heavy (non-hydrogen) atoms. The first-order chi connectivity index (χ1) is 11.8. The fraction of sp³-hybridized carbons (Fsp3) is 0.250. The minimum atomic E-state index is -0.0968. The van der Waals surface area contributed by atoms with Gasteiger partial charge in [-0.25, -0.2) is 0 Å². The molecule has 0 unspecified atom stereocenters. The Balaban J connectivity index is 1.64. The molecule has 4 heteroatoms. The number of benzene rings is 2. The van der Waals surface area contributed by atoms with Gasteiger partial charge in [0.2, 0.25) is 5.91 Å². The predicted molar refractivity (Wildman–Crippen MR) is 103 cm³/mol. The number of rotatable bonds is 5. The molecule has 124 valence electrons. The molecule has 0 spiro atoms. The van der Waals surface area contributed by atoms with Crippen LogP contribution in [0, 0.1) is 0 Å². The molecule has 0 bridgehead atoms. The number of anilines is 1. The molecule has 2 aromatic carbocycles. The van der Waals surface area contributed by atoms with Crippen LogP contribution in [-0.2, 0) is 11.3 Å². The van der Waals surface area contributed by atoms with Gasteiger partial charge in [0, 0.05) is 42.9 Å². The summed E-state index contributed by atoms with van der Waals surface area (Å²) in [6.45, 7) is 3.11. The first-order valence-electron chi connectivity index (χ1n) is 8.23. The van der Waals surface area contributed by atoms with Crippen molar-refractivity contribution in [2.45, 2.75) is 6.54 Å². The zero-order chi connectivity index (χ0) is 16.6. The number of hydrogen-bond acceptors (Lipinski definition) is 3. The van der Waals surface area contributed by atoms with E-state index in [0.29, 0.717) is 0 Å².